The Bertz CT molecular complexity index is 460. The number of hydrogen-bond donors (Lipinski definition) is 1. The lowest BCUT2D eigenvalue weighted by molar-refractivity contribution is -0.141. The van der Waals surface area contributed by atoms with Gasteiger partial charge in [0, 0.05) is 13.1 Å². The first-order valence-electron chi connectivity index (χ1n) is 6.79. The number of carboxylic acids is 1. The van der Waals surface area contributed by atoms with Crippen LogP contribution in [0.25, 0.3) is 0 Å². The lowest BCUT2D eigenvalue weighted by Gasteiger charge is -2.15. The van der Waals surface area contributed by atoms with Crippen molar-refractivity contribution in [1.29, 1.82) is 0 Å². The van der Waals surface area contributed by atoms with Crippen LogP contribution in [0, 0.1) is 5.92 Å². The number of carboxylic acid groups (broad SMARTS) is 1. The van der Waals surface area contributed by atoms with Crippen LogP contribution in [0.5, 0.6) is 0 Å². The Kier molecular flexibility index (Phi) is 5.12. The highest BCUT2D eigenvalue weighted by Gasteiger charge is 2.30. The molecule has 0 bridgehead atoms. The molecule has 0 aromatic heterocycles. The molecule has 1 aliphatic rings. The van der Waals surface area contributed by atoms with E-state index in [4.69, 9.17) is 9.84 Å². The van der Waals surface area contributed by atoms with Crippen LogP contribution in [0.15, 0.2) is 30.3 Å². The van der Waals surface area contributed by atoms with Crippen molar-refractivity contribution in [2.24, 2.45) is 5.92 Å². The van der Waals surface area contributed by atoms with Crippen molar-refractivity contribution < 1.29 is 19.4 Å². The number of amides is 1. The van der Waals surface area contributed by atoms with E-state index in [1.54, 1.807) is 4.90 Å². The van der Waals surface area contributed by atoms with E-state index in [1.807, 2.05) is 30.3 Å². The van der Waals surface area contributed by atoms with Gasteiger partial charge in [-0.25, -0.2) is 0 Å². The van der Waals surface area contributed by atoms with Gasteiger partial charge >= 0.3 is 5.97 Å². The van der Waals surface area contributed by atoms with E-state index in [0.717, 1.165) is 5.56 Å². The Balaban J connectivity index is 1.65. The van der Waals surface area contributed by atoms with Crippen LogP contribution in [0.4, 0.5) is 0 Å². The number of nitrogens with zero attached hydrogens (tertiary/aromatic N) is 1. The van der Waals surface area contributed by atoms with Gasteiger partial charge in [-0.2, -0.15) is 0 Å². The molecule has 5 nitrogen and oxygen atoms in total. The normalized spacial score (nSPS) is 18.2. The summed E-state index contributed by atoms with van der Waals surface area (Å²) in [5.41, 5.74) is 1.08. The Morgan fingerprint density at radius 3 is 2.70 bits per heavy atom. The second-order valence-electron chi connectivity index (χ2n) is 4.95. The first-order chi connectivity index (χ1) is 9.66. The molecule has 1 amide bonds. The van der Waals surface area contributed by atoms with Crippen LogP contribution in [0.2, 0.25) is 0 Å². The standard InChI is InChI=1S/C15H19NO4/c17-14(16-8-6-13(10-16)15(18)19)7-9-20-11-12-4-2-1-3-5-12/h1-5,13H,6-11H2,(H,18,19)/t13-/m1/s1. The van der Waals surface area contributed by atoms with E-state index < -0.39 is 11.9 Å². The predicted molar refractivity (Wildman–Crippen MR) is 73.0 cm³/mol. The molecular formula is C15H19NO4. The summed E-state index contributed by atoms with van der Waals surface area (Å²) in [5, 5.41) is 8.89. The summed E-state index contributed by atoms with van der Waals surface area (Å²) in [6, 6.07) is 9.78. The number of ether oxygens (including phenoxy) is 1. The molecule has 0 radical (unpaired) electrons. The van der Waals surface area contributed by atoms with Crippen LogP contribution in [0.1, 0.15) is 18.4 Å². The number of carbonyl (C=O) groups excluding carboxylic acids is 1. The van der Waals surface area contributed by atoms with Gasteiger partial charge in [-0.15, -0.1) is 0 Å². The third-order valence-electron chi connectivity index (χ3n) is 3.46. The summed E-state index contributed by atoms with van der Waals surface area (Å²) < 4.78 is 5.46. The van der Waals surface area contributed by atoms with E-state index in [-0.39, 0.29) is 5.91 Å². The lowest BCUT2D eigenvalue weighted by Crippen LogP contribution is -2.30. The van der Waals surface area contributed by atoms with Gasteiger partial charge in [0.05, 0.1) is 25.6 Å². The van der Waals surface area contributed by atoms with Gasteiger partial charge in [-0.3, -0.25) is 9.59 Å². The zero-order valence-corrected chi connectivity index (χ0v) is 11.3. The van der Waals surface area contributed by atoms with E-state index >= 15 is 0 Å². The van der Waals surface area contributed by atoms with Crippen molar-refractivity contribution >= 4 is 11.9 Å². The molecule has 1 aromatic carbocycles. The monoisotopic (exact) mass is 277 g/mol. The molecule has 0 spiro atoms. The molecule has 1 atom stereocenters. The molecule has 1 heterocycles. The number of hydrogen-bond acceptors (Lipinski definition) is 3. The second kappa shape index (κ2) is 7.05. The number of likely N-dealkylation sites (tertiary alicyclic amines) is 1. The minimum atomic E-state index is -0.819. The first kappa shape index (κ1) is 14.5. The Labute approximate surface area is 118 Å². The maximum atomic E-state index is 11.9. The molecule has 0 aliphatic carbocycles. The van der Waals surface area contributed by atoms with Gasteiger partial charge < -0.3 is 14.7 Å². The summed E-state index contributed by atoms with van der Waals surface area (Å²) in [7, 11) is 0. The number of carbonyl (C=O) groups is 2. The summed E-state index contributed by atoms with van der Waals surface area (Å²) in [5.74, 6) is -1.26. The SMILES string of the molecule is O=C(O)[C@@H]1CCN(C(=O)CCOCc2ccccc2)C1. The minimum absolute atomic E-state index is 0.0261. The molecule has 0 unspecified atom stereocenters. The van der Waals surface area contributed by atoms with Gasteiger partial charge in [-0.1, -0.05) is 30.3 Å². The Morgan fingerprint density at radius 1 is 1.30 bits per heavy atom. The average molecular weight is 277 g/mol. The van der Waals surface area contributed by atoms with Gasteiger partial charge in [0.2, 0.25) is 5.91 Å². The quantitative estimate of drug-likeness (QED) is 0.801. The fraction of sp³-hybridized carbons (Fsp3) is 0.467. The van der Waals surface area contributed by atoms with E-state index in [1.165, 1.54) is 0 Å². The van der Waals surface area contributed by atoms with E-state index in [2.05, 4.69) is 0 Å². The van der Waals surface area contributed by atoms with E-state index in [9.17, 15) is 9.59 Å². The molecular weight excluding hydrogens is 258 g/mol. The van der Waals surface area contributed by atoms with Crippen molar-refractivity contribution in [3.05, 3.63) is 35.9 Å². The van der Waals surface area contributed by atoms with Crippen LogP contribution < -0.4 is 0 Å². The van der Waals surface area contributed by atoms with Crippen LogP contribution in [-0.2, 0) is 20.9 Å². The van der Waals surface area contributed by atoms with Crippen LogP contribution in [0.3, 0.4) is 0 Å². The molecule has 20 heavy (non-hydrogen) atoms. The van der Waals surface area contributed by atoms with Crippen molar-refractivity contribution in [1.82, 2.24) is 4.90 Å². The maximum Gasteiger partial charge on any atom is 0.308 e. The number of aliphatic carboxylic acids is 1. The molecule has 1 saturated heterocycles. The van der Waals surface area contributed by atoms with Gasteiger partial charge in [0.15, 0.2) is 0 Å². The maximum absolute atomic E-state index is 11.9. The molecule has 1 aliphatic heterocycles. The number of rotatable bonds is 6. The molecule has 5 heteroatoms. The highest BCUT2D eigenvalue weighted by Crippen LogP contribution is 2.17. The fourth-order valence-corrected chi connectivity index (χ4v) is 2.27. The highest BCUT2D eigenvalue weighted by molar-refractivity contribution is 5.78. The zero-order valence-electron chi connectivity index (χ0n) is 11.3. The van der Waals surface area contributed by atoms with Gasteiger partial charge in [-0.05, 0) is 12.0 Å². The molecule has 2 rings (SSSR count). The van der Waals surface area contributed by atoms with Crippen LogP contribution >= 0.6 is 0 Å². The molecule has 1 aromatic rings. The second-order valence-corrected chi connectivity index (χ2v) is 4.95. The van der Waals surface area contributed by atoms with Gasteiger partial charge in [0.1, 0.15) is 0 Å². The van der Waals surface area contributed by atoms with Crippen molar-refractivity contribution in [3.63, 3.8) is 0 Å². The largest absolute Gasteiger partial charge is 0.481 e. The zero-order chi connectivity index (χ0) is 14.4. The molecule has 1 fully saturated rings. The third-order valence-corrected chi connectivity index (χ3v) is 3.46. The minimum Gasteiger partial charge on any atom is -0.481 e. The smallest absolute Gasteiger partial charge is 0.308 e. The Hall–Kier alpha value is -1.88. The van der Waals surface area contributed by atoms with Gasteiger partial charge in [0.25, 0.3) is 0 Å². The van der Waals surface area contributed by atoms with Crippen LogP contribution in [-0.4, -0.2) is 41.6 Å². The summed E-state index contributed by atoms with van der Waals surface area (Å²) in [4.78, 5) is 24.3. The highest BCUT2D eigenvalue weighted by atomic mass is 16.5. The summed E-state index contributed by atoms with van der Waals surface area (Å²) >= 11 is 0. The van der Waals surface area contributed by atoms with Crippen molar-refractivity contribution in [2.45, 2.75) is 19.4 Å². The lowest BCUT2D eigenvalue weighted by atomic mass is 10.1. The van der Waals surface area contributed by atoms with E-state index in [0.29, 0.717) is 39.1 Å². The summed E-state index contributed by atoms with van der Waals surface area (Å²) in [6.07, 6.45) is 0.852. The molecule has 0 saturated carbocycles. The predicted octanol–water partition coefficient (Wildman–Crippen LogP) is 1.53. The van der Waals surface area contributed by atoms with Crippen molar-refractivity contribution in [3.8, 4) is 0 Å². The first-order valence-corrected chi connectivity index (χ1v) is 6.79. The Morgan fingerprint density at radius 2 is 2.05 bits per heavy atom. The number of benzene rings is 1. The fourth-order valence-electron chi connectivity index (χ4n) is 2.27. The summed E-state index contributed by atoms with van der Waals surface area (Å²) in [6.45, 7) is 1.72. The average Bonchev–Trinajstić information content (AvgIpc) is 2.94. The topological polar surface area (TPSA) is 66.8 Å². The van der Waals surface area contributed by atoms with Crippen molar-refractivity contribution in [2.75, 3.05) is 19.7 Å². The molecule has 1 N–H and O–H groups in total. The molecule has 108 valence electrons. The third kappa shape index (κ3) is 4.06.